The van der Waals surface area contributed by atoms with Crippen LogP contribution in [0.5, 0.6) is 0 Å². The lowest BCUT2D eigenvalue weighted by Gasteiger charge is -2.30. The Labute approximate surface area is 116 Å². The van der Waals surface area contributed by atoms with Gasteiger partial charge in [0.25, 0.3) is 5.91 Å². The maximum Gasteiger partial charge on any atom is 0.327 e. The predicted octanol–water partition coefficient (Wildman–Crippen LogP) is 0.671. The third kappa shape index (κ3) is 2.27. The minimum atomic E-state index is -0.881. The van der Waals surface area contributed by atoms with Crippen molar-refractivity contribution in [2.45, 2.75) is 31.2 Å². The topological polar surface area (TPSA) is 69.6 Å². The number of carbonyl (C=O) groups excluding carboxylic acids is 1. The van der Waals surface area contributed by atoms with Crippen LogP contribution in [0.1, 0.15) is 19.8 Å². The molecule has 3 rings (SSSR count). The molecular formula is C13H18N2O3S. The minimum Gasteiger partial charge on any atom is -0.480 e. The lowest BCUT2D eigenvalue weighted by Crippen LogP contribution is -2.48. The first kappa shape index (κ1) is 13.0. The van der Waals surface area contributed by atoms with E-state index in [-0.39, 0.29) is 11.3 Å². The summed E-state index contributed by atoms with van der Waals surface area (Å²) in [7, 11) is 0. The van der Waals surface area contributed by atoms with Crippen LogP contribution in [0.15, 0.2) is 11.1 Å². The van der Waals surface area contributed by atoms with Crippen LogP contribution in [0.25, 0.3) is 0 Å². The fraction of sp³-hybridized carbons (Fsp3) is 0.692. The number of thioether (sulfide) groups is 1. The molecule has 2 N–H and O–H groups in total. The van der Waals surface area contributed by atoms with E-state index in [0.717, 1.165) is 37.1 Å². The summed E-state index contributed by atoms with van der Waals surface area (Å²) in [5.41, 5.74) is 1.85. The van der Waals surface area contributed by atoms with Gasteiger partial charge in [0.1, 0.15) is 6.04 Å². The fourth-order valence-corrected chi connectivity index (χ4v) is 4.21. The van der Waals surface area contributed by atoms with Crippen LogP contribution in [-0.2, 0) is 9.59 Å². The molecule has 104 valence electrons. The molecule has 1 saturated carbocycles. The molecule has 0 aromatic rings. The highest BCUT2D eigenvalue weighted by Crippen LogP contribution is 2.46. The van der Waals surface area contributed by atoms with Crippen molar-refractivity contribution in [3.05, 3.63) is 11.1 Å². The zero-order valence-electron chi connectivity index (χ0n) is 10.9. The Morgan fingerprint density at radius 1 is 1.37 bits per heavy atom. The Balaban J connectivity index is 1.84. The van der Waals surface area contributed by atoms with Crippen LogP contribution in [-0.4, -0.2) is 52.1 Å². The minimum absolute atomic E-state index is 0.0668. The summed E-state index contributed by atoms with van der Waals surface area (Å²) in [5.74, 6) is 0.0540. The van der Waals surface area contributed by atoms with E-state index < -0.39 is 12.0 Å². The summed E-state index contributed by atoms with van der Waals surface area (Å²) in [6.07, 6.45) is 2.23. The third-order valence-corrected chi connectivity index (χ3v) is 5.57. The van der Waals surface area contributed by atoms with E-state index in [9.17, 15) is 14.7 Å². The molecule has 2 saturated heterocycles. The molecule has 0 bridgehead atoms. The molecule has 1 amide bonds. The summed E-state index contributed by atoms with van der Waals surface area (Å²) >= 11 is 1.63. The summed E-state index contributed by atoms with van der Waals surface area (Å²) in [5, 5.41) is 12.5. The molecule has 0 spiro atoms. The van der Waals surface area contributed by atoms with Gasteiger partial charge in [-0.25, -0.2) is 4.79 Å². The average Bonchev–Trinajstić information content (AvgIpc) is 3.04. The average molecular weight is 282 g/mol. The molecule has 0 radical (unpaired) electrons. The quantitative estimate of drug-likeness (QED) is 0.745. The van der Waals surface area contributed by atoms with Gasteiger partial charge in [-0.2, -0.15) is 0 Å². The van der Waals surface area contributed by atoms with E-state index >= 15 is 0 Å². The largest absolute Gasteiger partial charge is 0.480 e. The van der Waals surface area contributed by atoms with E-state index in [0.29, 0.717) is 11.7 Å². The summed E-state index contributed by atoms with van der Waals surface area (Å²) in [6, 6.07) is -0.660. The van der Waals surface area contributed by atoms with Gasteiger partial charge in [0.2, 0.25) is 0 Å². The second kappa shape index (κ2) is 4.83. The molecule has 1 aliphatic carbocycles. The van der Waals surface area contributed by atoms with Crippen molar-refractivity contribution in [2.24, 2.45) is 5.92 Å². The normalized spacial score (nSPS) is 30.2. The first-order chi connectivity index (χ1) is 9.09. The Kier molecular flexibility index (Phi) is 3.30. The van der Waals surface area contributed by atoms with Gasteiger partial charge in [-0.05, 0) is 31.3 Å². The van der Waals surface area contributed by atoms with Gasteiger partial charge in [-0.1, -0.05) is 0 Å². The van der Waals surface area contributed by atoms with Crippen LogP contribution >= 0.6 is 11.8 Å². The smallest absolute Gasteiger partial charge is 0.327 e. The van der Waals surface area contributed by atoms with E-state index in [1.807, 2.05) is 6.92 Å². The number of hydrogen-bond donors (Lipinski definition) is 2. The van der Waals surface area contributed by atoms with E-state index in [1.165, 1.54) is 0 Å². The molecule has 5 nitrogen and oxygen atoms in total. The standard InChI is InChI=1S/C13H18N2O3S/c1-7(9-4-14-5-9)11(16)15-10(13(17)18)6-19-12(15)8-2-3-8/h8,10,12,14H,2-6H2,1H3,(H,17,18). The molecular weight excluding hydrogens is 264 g/mol. The van der Waals surface area contributed by atoms with Crippen molar-refractivity contribution < 1.29 is 14.7 Å². The van der Waals surface area contributed by atoms with Gasteiger partial charge in [0, 0.05) is 24.4 Å². The lowest BCUT2D eigenvalue weighted by atomic mass is 10.0. The zero-order valence-corrected chi connectivity index (χ0v) is 11.7. The van der Waals surface area contributed by atoms with Crippen LogP contribution in [0.2, 0.25) is 0 Å². The van der Waals surface area contributed by atoms with Crippen molar-refractivity contribution in [3.8, 4) is 0 Å². The van der Waals surface area contributed by atoms with Crippen molar-refractivity contribution >= 4 is 23.6 Å². The maximum atomic E-state index is 12.6. The Hall–Kier alpha value is -1.01. The molecule has 0 aromatic heterocycles. The van der Waals surface area contributed by atoms with Gasteiger partial charge in [0.05, 0.1) is 5.37 Å². The molecule has 3 aliphatic rings. The first-order valence-corrected chi connectivity index (χ1v) is 7.71. The van der Waals surface area contributed by atoms with Gasteiger partial charge >= 0.3 is 5.97 Å². The predicted molar refractivity (Wildman–Crippen MR) is 72.8 cm³/mol. The van der Waals surface area contributed by atoms with Crippen LogP contribution in [0, 0.1) is 5.92 Å². The number of aliphatic carboxylic acids is 1. The second-order valence-corrected chi connectivity index (χ2v) is 6.61. The molecule has 6 heteroatoms. The lowest BCUT2D eigenvalue weighted by molar-refractivity contribution is -0.147. The van der Waals surface area contributed by atoms with Crippen molar-refractivity contribution in [1.82, 2.24) is 10.2 Å². The number of rotatable bonds is 3. The van der Waals surface area contributed by atoms with Crippen LogP contribution in [0.3, 0.4) is 0 Å². The summed E-state index contributed by atoms with van der Waals surface area (Å²) < 4.78 is 0. The number of carboxylic acids is 1. The SMILES string of the molecule is CC(C(=O)N1C(C(=O)O)CSC1C1CC1)=C1CNC1. The molecule has 3 fully saturated rings. The first-order valence-electron chi connectivity index (χ1n) is 6.66. The van der Waals surface area contributed by atoms with Crippen molar-refractivity contribution in [1.29, 1.82) is 0 Å². The van der Waals surface area contributed by atoms with Crippen molar-refractivity contribution in [2.75, 3.05) is 18.8 Å². The number of nitrogens with one attached hydrogen (secondary N) is 1. The summed E-state index contributed by atoms with van der Waals surface area (Å²) in [6.45, 7) is 3.33. The van der Waals surface area contributed by atoms with Crippen LogP contribution < -0.4 is 5.32 Å². The number of hydrogen-bond acceptors (Lipinski definition) is 4. The molecule has 2 aliphatic heterocycles. The number of amides is 1. The van der Waals surface area contributed by atoms with Crippen LogP contribution in [0.4, 0.5) is 0 Å². The molecule has 2 atom stereocenters. The third-order valence-electron chi connectivity index (χ3n) is 4.11. The van der Waals surface area contributed by atoms with E-state index in [1.54, 1.807) is 16.7 Å². The van der Waals surface area contributed by atoms with Gasteiger partial charge < -0.3 is 15.3 Å². The van der Waals surface area contributed by atoms with E-state index in [4.69, 9.17) is 0 Å². The van der Waals surface area contributed by atoms with Gasteiger partial charge in [-0.3, -0.25) is 4.79 Å². The summed E-state index contributed by atoms with van der Waals surface area (Å²) in [4.78, 5) is 25.6. The van der Waals surface area contributed by atoms with E-state index in [2.05, 4.69) is 5.32 Å². The highest BCUT2D eigenvalue weighted by Gasteiger charge is 2.48. The Morgan fingerprint density at radius 3 is 2.53 bits per heavy atom. The molecule has 19 heavy (non-hydrogen) atoms. The monoisotopic (exact) mass is 282 g/mol. The van der Waals surface area contributed by atoms with Gasteiger partial charge in [0.15, 0.2) is 0 Å². The maximum absolute atomic E-state index is 12.6. The number of carboxylic acid groups (broad SMARTS) is 1. The second-order valence-electron chi connectivity index (χ2n) is 5.46. The molecule has 2 unspecified atom stereocenters. The fourth-order valence-electron chi connectivity index (χ4n) is 2.58. The number of carbonyl (C=O) groups is 2. The molecule has 0 aromatic carbocycles. The highest BCUT2D eigenvalue weighted by atomic mass is 32.2. The van der Waals surface area contributed by atoms with Crippen molar-refractivity contribution in [3.63, 3.8) is 0 Å². The number of nitrogens with zero attached hydrogens (tertiary/aromatic N) is 1. The van der Waals surface area contributed by atoms with Gasteiger partial charge in [-0.15, -0.1) is 11.8 Å². The molecule has 2 heterocycles. The Morgan fingerprint density at radius 2 is 2.05 bits per heavy atom. The highest BCUT2D eigenvalue weighted by molar-refractivity contribution is 8.00. The Bertz CT molecular complexity index is 453. The zero-order chi connectivity index (χ0) is 13.6.